The van der Waals surface area contributed by atoms with Crippen LogP contribution in [0.1, 0.15) is 49.9 Å². The highest BCUT2D eigenvalue weighted by atomic mass is 15.1. The maximum Gasteiger partial charge on any atom is 0.0546 e. The Kier molecular flexibility index (Phi) is 6.34. The molecule has 0 atom stereocenters. The van der Waals surface area contributed by atoms with Crippen molar-refractivity contribution >= 4 is 38.6 Å². The smallest absolute Gasteiger partial charge is 0.0546 e. The second-order valence-electron chi connectivity index (χ2n) is 15.3. The molecule has 0 fully saturated rings. The Labute approximate surface area is 300 Å². The lowest BCUT2D eigenvalue weighted by molar-refractivity contribution is 0.660. The second kappa shape index (κ2) is 10.8. The Bertz CT molecular complexity index is 2600. The maximum atomic E-state index is 2.52. The fraction of sp³-hybridized carbons (Fsp3) is 0.120. The molecule has 0 spiro atoms. The summed E-state index contributed by atoms with van der Waals surface area (Å²) < 4.78 is 0. The maximum absolute atomic E-state index is 2.52. The first-order valence-electron chi connectivity index (χ1n) is 18.1. The van der Waals surface area contributed by atoms with E-state index in [1.165, 1.54) is 82.9 Å². The highest BCUT2D eigenvalue weighted by Crippen LogP contribution is 2.54. The predicted octanol–water partition coefficient (Wildman–Crippen LogP) is 13.7. The average molecular weight is 654 g/mol. The van der Waals surface area contributed by atoms with Gasteiger partial charge in [0, 0.05) is 27.8 Å². The fourth-order valence-electron chi connectivity index (χ4n) is 9.29. The predicted molar refractivity (Wildman–Crippen MR) is 217 cm³/mol. The van der Waals surface area contributed by atoms with Gasteiger partial charge in [0.15, 0.2) is 0 Å². The summed E-state index contributed by atoms with van der Waals surface area (Å²) in [6.45, 7) is 9.43. The molecular formula is C50H39N. The molecule has 0 saturated carbocycles. The first-order chi connectivity index (χ1) is 24.8. The molecule has 0 amide bonds. The van der Waals surface area contributed by atoms with Gasteiger partial charge in [-0.1, -0.05) is 161 Å². The van der Waals surface area contributed by atoms with Gasteiger partial charge in [0.2, 0.25) is 0 Å². The number of hydrogen-bond acceptors (Lipinski definition) is 1. The van der Waals surface area contributed by atoms with Gasteiger partial charge in [-0.2, -0.15) is 0 Å². The zero-order valence-electron chi connectivity index (χ0n) is 29.5. The summed E-state index contributed by atoms with van der Waals surface area (Å²) in [4.78, 5) is 2.52. The number of rotatable bonds is 4. The quantitative estimate of drug-likeness (QED) is 0.183. The summed E-state index contributed by atoms with van der Waals surface area (Å²) in [6.07, 6.45) is 0. The first kappa shape index (κ1) is 29.9. The van der Waals surface area contributed by atoms with E-state index >= 15 is 0 Å². The molecule has 0 bridgehead atoms. The third kappa shape index (κ3) is 4.28. The Morgan fingerprint density at radius 1 is 0.353 bits per heavy atom. The molecule has 51 heavy (non-hydrogen) atoms. The highest BCUT2D eigenvalue weighted by molar-refractivity contribution is 6.11. The number of benzene rings is 8. The Morgan fingerprint density at radius 3 is 1.41 bits per heavy atom. The molecule has 0 aliphatic heterocycles. The van der Waals surface area contributed by atoms with Crippen molar-refractivity contribution in [3.8, 4) is 33.4 Å². The van der Waals surface area contributed by atoms with E-state index in [2.05, 4.69) is 196 Å². The monoisotopic (exact) mass is 653 g/mol. The highest BCUT2D eigenvalue weighted by Gasteiger charge is 2.37. The van der Waals surface area contributed by atoms with Crippen LogP contribution in [0.25, 0.3) is 54.9 Å². The van der Waals surface area contributed by atoms with Gasteiger partial charge in [0.25, 0.3) is 0 Å². The number of nitrogens with zero attached hydrogens (tertiary/aromatic N) is 1. The van der Waals surface area contributed by atoms with E-state index < -0.39 is 0 Å². The summed E-state index contributed by atoms with van der Waals surface area (Å²) in [5, 5.41) is 4.98. The molecule has 0 saturated heterocycles. The lowest BCUT2D eigenvalue weighted by atomic mass is 9.82. The zero-order valence-corrected chi connectivity index (χ0v) is 29.5. The van der Waals surface area contributed by atoms with Gasteiger partial charge in [-0.15, -0.1) is 0 Å². The summed E-state index contributed by atoms with van der Waals surface area (Å²) in [7, 11) is 0. The lowest BCUT2D eigenvalue weighted by Crippen LogP contribution is -2.16. The minimum absolute atomic E-state index is 0.0603. The molecule has 2 aliphatic carbocycles. The molecule has 2 aliphatic rings. The normalized spacial score (nSPS) is 14.6. The lowest BCUT2D eigenvalue weighted by Gasteiger charge is -2.31. The Hall–Kier alpha value is -5.92. The van der Waals surface area contributed by atoms with Crippen LogP contribution < -0.4 is 4.90 Å². The van der Waals surface area contributed by atoms with Gasteiger partial charge in [-0.3, -0.25) is 0 Å². The third-order valence-electron chi connectivity index (χ3n) is 11.9. The minimum Gasteiger partial charge on any atom is -0.310 e. The van der Waals surface area contributed by atoms with Gasteiger partial charge < -0.3 is 4.90 Å². The van der Waals surface area contributed by atoms with Gasteiger partial charge in [-0.05, 0) is 102 Å². The van der Waals surface area contributed by atoms with Gasteiger partial charge in [0.1, 0.15) is 0 Å². The molecule has 8 aromatic rings. The molecule has 0 radical (unpaired) electrons. The topological polar surface area (TPSA) is 3.24 Å². The van der Waals surface area contributed by atoms with E-state index in [1.54, 1.807) is 0 Å². The third-order valence-corrected chi connectivity index (χ3v) is 11.9. The van der Waals surface area contributed by atoms with Crippen LogP contribution in [0.4, 0.5) is 17.1 Å². The molecule has 1 heteroatoms. The Morgan fingerprint density at radius 2 is 0.804 bits per heavy atom. The van der Waals surface area contributed by atoms with E-state index in [4.69, 9.17) is 0 Å². The molecule has 244 valence electrons. The standard InChI is InChI=1S/C50H39N/c1-49(2)43-22-11-9-19-38(43)41-30-34(25-27-45(41)49)51(35-26-28-46-42(31-35)39-20-10-12-23-44(39)50(46,3)4)47-29-24-33-15-6-8-18-37(33)48(47)40-21-13-16-32-14-5-7-17-36(32)40/h5-31H,1-4H3. The summed E-state index contributed by atoms with van der Waals surface area (Å²) in [6, 6.07) is 61.2. The van der Waals surface area contributed by atoms with Crippen LogP contribution in [0.15, 0.2) is 164 Å². The van der Waals surface area contributed by atoms with Crippen LogP contribution in [0.3, 0.4) is 0 Å². The molecule has 0 aromatic heterocycles. The molecule has 10 rings (SSSR count). The van der Waals surface area contributed by atoms with Crippen LogP contribution in [0.5, 0.6) is 0 Å². The first-order valence-corrected chi connectivity index (χ1v) is 18.1. The van der Waals surface area contributed by atoms with Crippen LogP contribution in [0, 0.1) is 0 Å². The molecule has 0 unspecified atom stereocenters. The average Bonchev–Trinajstić information content (AvgIpc) is 3.54. The SMILES string of the molecule is CC1(C)c2ccccc2-c2cc(N(c3ccc4c(c3)-c3ccccc3C4(C)C)c3ccc4ccccc4c3-c3cccc4ccccc34)ccc21. The van der Waals surface area contributed by atoms with Crippen LogP contribution >= 0.6 is 0 Å². The van der Waals surface area contributed by atoms with E-state index in [-0.39, 0.29) is 10.8 Å². The van der Waals surface area contributed by atoms with Crippen molar-refractivity contribution in [1.82, 2.24) is 0 Å². The van der Waals surface area contributed by atoms with E-state index in [0.29, 0.717) is 0 Å². The molecular weight excluding hydrogens is 615 g/mol. The molecule has 0 N–H and O–H groups in total. The van der Waals surface area contributed by atoms with Crippen molar-refractivity contribution in [1.29, 1.82) is 0 Å². The zero-order chi connectivity index (χ0) is 34.5. The number of anilines is 3. The largest absolute Gasteiger partial charge is 0.310 e. The molecule has 8 aromatic carbocycles. The van der Waals surface area contributed by atoms with Gasteiger partial charge in [-0.25, -0.2) is 0 Å². The van der Waals surface area contributed by atoms with E-state index in [0.717, 1.165) is 11.4 Å². The van der Waals surface area contributed by atoms with Crippen LogP contribution in [0.2, 0.25) is 0 Å². The van der Waals surface area contributed by atoms with Crippen molar-refractivity contribution in [3.05, 3.63) is 186 Å². The van der Waals surface area contributed by atoms with Crippen LogP contribution in [-0.2, 0) is 10.8 Å². The van der Waals surface area contributed by atoms with E-state index in [9.17, 15) is 0 Å². The fourth-order valence-corrected chi connectivity index (χ4v) is 9.29. The summed E-state index contributed by atoms with van der Waals surface area (Å²) >= 11 is 0. The Balaban J connectivity index is 1.29. The van der Waals surface area contributed by atoms with Crippen molar-refractivity contribution < 1.29 is 0 Å². The summed E-state index contributed by atoms with van der Waals surface area (Å²) in [5.74, 6) is 0. The van der Waals surface area contributed by atoms with Crippen LogP contribution in [-0.4, -0.2) is 0 Å². The van der Waals surface area contributed by atoms with E-state index in [1.807, 2.05) is 0 Å². The van der Waals surface area contributed by atoms with Crippen molar-refractivity contribution in [2.75, 3.05) is 4.90 Å². The molecule has 0 heterocycles. The van der Waals surface area contributed by atoms with Crippen molar-refractivity contribution in [3.63, 3.8) is 0 Å². The molecule has 1 nitrogen and oxygen atoms in total. The van der Waals surface area contributed by atoms with Gasteiger partial charge in [0.05, 0.1) is 5.69 Å². The van der Waals surface area contributed by atoms with Crippen molar-refractivity contribution in [2.24, 2.45) is 0 Å². The minimum atomic E-state index is -0.0603. The second-order valence-corrected chi connectivity index (χ2v) is 15.3. The van der Waals surface area contributed by atoms with Gasteiger partial charge >= 0.3 is 0 Å². The van der Waals surface area contributed by atoms with Crippen molar-refractivity contribution in [2.45, 2.75) is 38.5 Å². The number of hydrogen-bond donors (Lipinski definition) is 0. The number of fused-ring (bicyclic) bond motifs is 8. The summed E-state index contributed by atoms with van der Waals surface area (Å²) in [5.41, 5.74) is 16.7.